The Bertz CT molecular complexity index is 211. The summed E-state index contributed by atoms with van der Waals surface area (Å²) in [6, 6.07) is 0. The summed E-state index contributed by atoms with van der Waals surface area (Å²) < 4.78 is 10.7. The molecule has 17 heavy (non-hydrogen) atoms. The maximum Gasteiger partial charge on any atom is 0.186 e. The first-order valence-corrected chi connectivity index (χ1v) is 6.39. The molecule has 0 spiro atoms. The van der Waals surface area contributed by atoms with E-state index in [4.69, 9.17) is 9.47 Å². The Balaban J connectivity index is 2.28. The van der Waals surface area contributed by atoms with Gasteiger partial charge in [0.25, 0.3) is 0 Å². The molecule has 1 fully saturated rings. The lowest BCUT2D eigenvalue weighted by atomic mass is 10.0. The highest BCUT2D eigenvalue weighted by molar-refractivity contribution is 4.87. The molecule has 1 saturated heterocycles. The standard InChI is InChI=1S/C12H24O5/c1-3-4-5-6-7-16-12-11(15)10(14)9(13)8(2)17-12/h8-15H,3-7H2,1-2H3/t8?,9-,10?,11+,12+/m1/s1. The van der Waals surface area contributed by atoms with Crippen LogP contribution in [-0.2, 0) is 9.47 Å². The second-order valence-corrected chi connectivity index (χ2v) is 4.61. The number of aliphatic hydroxyl groups is 3. The number of hydrogen-bond donors (Lipinski definition) is 3. The zero-order valence-electron chi connectivity index (χ0n) is 10.6. The van der Waals surface area contributed by atoms with E-state index in [9.17, 15) is 15.3 Å². The quantitative estimate of drug-likeness (QED) is 0.593. The summed E-state index contributed by atoms with van der Waals surface area (Å²) in [5.74, 6) is 0. The van der Waals surface area contributed by atoms with Crippen molar-refractivity contribution in [2.24, 2.45) is 0 Å². The van der Waals surface area contributed by atoms with Crippen molar-refractivity contribution in [2.45, 2.75) is 70.2 Å². The normalized spacial score (nSPS) is 38.3. The van der Waals surface area contributed by atoms with E-state index in [1.807, 2.05) is 0 Å². The van der Waals surface area contributed by atoms with E-state index in [2.05, 4.69) is 6.92 Å². The van der Waals surface area contributed by atoms with Crippen LogP contribution in [0.5, 0.6) is 0 Å². The molecule has 5 atom stereocenters. The largest absolute Gasteiger partial charge is 0.388 e. The minimum absolute atomic E-state index is 0.497. The van der Waals surface area contributed by atoms with E-state index >= 15 is 0 Å². The third kappa shape index (κ3) is 4.19. The molecule has 0 saturated carbocycles. The van der Waals surface area contributed by atoms with E-state index in [1.165, 1.54) is 0 Å². The van der Waals surface area contributed by atoms with Crippen molar-refractivity contribution >= 4 is 0 Å². The fourth-order valence-electron chi connectivity index (χ4n) is 1.88. The Labute approximate surface area is 102 Å². The lowest BCUT2D eigenvalue weighted by Crippen LogP contribution is -2.57. The number of rotatable bonds is 6. The van der Waals surface area contributed by atoms with Crippen LogP contribution in [0.25, 0.3) is 0 Å². The summed E-state index contributed by atoms with van der Waals surface area (Å²) in [6.07, 6.45) is -0.525. The SMILES string of the molecule is CCCCCCO[C@H]1OC(C)[C@@H](O)C(O)[C@@H]1O. The Morgan fingerprint density at radius 2 is 1.71 bits per heavy atom. The van der Waals surface area contributed by atoms with E-state index in [1.54, 1.807) is 6.92 Å². The highest BCUT2D eigenvalue weighted by atomic mass is 16.7. The van der Waals surface area contributed by atoms with E-state index < -0.39 is 30.7 Å². The van der Waals surface area contributed by atoms with Crippen molar-refractivity contribution in [2.75, 3.05) is 6.61 Å². The van der Waals surface area contributed by atoms with Gasteiger partial charge in [-0.1, -0.05) is 26.2 Å². The molecule has 0 aromatic carbocycles. The lowest BCUT2D eigenvalue weighted by molar-refractivity contribution is -0.293. The predicted molar refractivity (Wildman–Crippen MR) is 62.4 cm³/mol. The number of unbranched alkanes of at least 4 members (excludes halogenated alkanes) is 3. The van der Waals surface area contributed by atoms with Gasteiger partial charge in [-0.25, -0.2) is 0 Å². The molecule has 102 valence electrons. The molecule has 0 bridgehead atoms. The van der Waals surface area contributed by atoms with Crippen LogP contribution in [0.4, 0.5) is 0 Å². The maximum atomic E-state index is 9.67. The van der Waals surface area contributed by atoms with Gasteiger partial charge < -0.3 is 24.8 Å². The first kappa shape index (κ1) is 14.9. The van der Waals surface area contributed by atoms with Crippen LogP contribution in [0.3, 0.4) is 0 Å². The number of hydrogen-bond acceptors (Lipinski definition) is 5. The van der Waals surface area contributed by atoms with Gasteiger partial charge in [0.1, 0.15) is 18.3 Å². The maximum absolute atomic E-state index is 9.67. The van der Waals surface area contributed by atoms with Crippen molar-refractivity contribution in [3.05, 3.63) is 0 Å². The van der Waals surface area contributed by atoms with Gasteiger partial charge >= 0.3 is 0 Å². The first-order valence-electron chi connectivity index (χ1n) is 6.39. The summed E-state index contributed by atoms with van der Waals surface area (Å²) in [4.78, 5) is 0. The Hall–Kier alpha value is -0.200. The highest BCUT2D eigenvalue weighted by Crippen LogP contribution is 2.21. The van der Waals surface area contributed by atoms with Gasteiger partial charge in [-0.2, -0.15) is 0 Å². The second-order valence-electron chi connectivity index (χ2n) is 4.61. The first-order chi connectivity index (χ1) is 8.07. The van der Waals surface area contributed by atoms with Gasteiger partial charge in [-0.3, -0.25) is 0 Å². The molecule has 2 unspecified atom stereocenters. The van der Waals surface area contributed by atoms with E-state index in [0.29, 0.717) is 6.61 Å². The fourth-order valence-corrected chi connectivity index (χ4v) is 1.88. The van der Waals surface area contributed by atoms with Crippen molar-refractivity contribution in [1.82, 2.24) is 0 Å². The summed E-state index contributed by atoms with van der Waals surface area (Å²) in [5, 5.41) is 28.7. The third-order valence-electron chi connectivity index (χ3n) is 3.09. The number of ether oxygens (including phenoxy) is 2. The molecule has 3 N–H and O–H groups in total. The highest BCUT2D eigenvalue weighted by Gasteiger charge is 2.42. The Morgan fingerprint density at radius 3 is 2.35 bits per heavy atom. The van der Waals surface area contributed by atoms with Crippen LogP contribution in [0.1, 0.15) is 39.5 Å². The van der Waals surface area contributed by atoms with Crippen molar-refractivity contribution in [3.8, 4) is 0 Å². The zero-order chi connectivity index (χ0) is 12.8. The predicted octanol–water partition coefficient (Wildman–Crippen LogP) is 0.411. The molecule has 5 nitrogen and oxygen atoms in total. The van der Waals surface area contributed by atoms with Gasteiger partial charge in [0.15, 0.2) is 6.29 Å². The van der Waals surface area contributed by atoms with Crippen LogP contribution in [-0.4, -0.2) is 52.6 Å². The average molecular weight is 248 g/mol. The molecule has 0 amide bonds. The van der Waals surface area contributed by atoms with Crippen LogP contribution in [0, 0.1) is 0 Å². The average Bonchev–Trinajstić information content (AvgIpc) is 2.32. The molecule has 1 rings (SSSR count). The van der Waals surface area contributed by atoms with Gasteiger partial charge in [0.2, 0.25) is 0 Å². The summed E-state index contributed by atoms with van der Waals surface area (Å²) in [5.41, 5.74) is 0. The molecule has 0 aliphatic carbocycles. The minimum atomic E-state index is -1.21. The summed E-state index contributed by atoms with van der Waals surface area (Å²) in [6.45, 7) is 4.28. The molecule has 0 radical (unpaired) electrons. The second kappa shape index (κ2) is 7.28. The molecule has 1 aliphatic heterocycles. The molecule has 1 heterocycles. The van der Waals surface area contributed by atoms with Crippen molar-refractivity contribution < 1.29 is 24.8 Å². The zero-order valence-corrected chi connectivity index (χ0v) is 10.6. The Morgan fingerprint density at radius 1 is 1.00 bits per heavy atom. The van der Waals surface area contributed by atoms with Crippen LogP contribution >= 0.6 is 0 Å². The summed E-state index contributed by atoms with van der Waals surface area (Å²) >= 11 is 0. The molecule has 0 aromatic heterocycles. The Kier molecular flexibility index (Phi) is 6.37. The van der Waals surface area contributed by atoms with Gasteiger partial charge in [-0.15, -0.1) is 0 Å². The van der Waals surface area contributed by atoms with Crippen LogP contribution < -0.4 is 0 Å². The van der Waals surface area contributed by atoms with Crippen molar-refractivity contribution in [1.29, 1.82) is 0 Å². The lowest BCUT2D eigenvalue weighted by Gasteiger charge is -2.38. The van der Waals surface area contributed by atoms with E-state index in [-0.39, 0.29) is 0 Å². The monoisotopic (exact) mass is 248 g/mol. The molecular formula is C12H24O5. The molecule has 5 heteroatoms. The number of aliphatic hydroxyl groups excluding tert-OH is 3. The van der Waals surface area contributed by atoms with Crippen molar-refractivity contribution in [3.63, 3.8) is 0 Å². The molecule has 0 aromatic rings. The molecular weight excluding hydrogens is 224 g/mol. The molecule has 1 aliphatic rings. The topological polar surface area (TPSA) is 79.2 Å². The smallest absolute Gasteiger partial charge is 0.186 e. The van der Waals surface area contributed by atoms with E-state index in [0.717, 1.165) is 25.7 Å². The van der Waals surface area contributed by atoms with Gasteiger partial charge in [0.05, 0.1) is 6.10 Å². The summed E-state index contributed by atoms with van der Waals surface area (Å²) in [7, 11) is 0. The van der Waals surface area contributed by atoms with Gasteiger partial charge in [0, 0.05) is 6.61 Å². The minimum Gasteiger partial charge on any atom is -0.388 e. The third-order valence-corrected chi connectivity index (χ3v) is 3.09. The van der Waals surface area contributed by atoms with Crippen LogP contribution in [0.2, 0.25) is 0 Å². The van der Waals surface area contributed by atoms with Gasteiger partial charge in [-0.05, 0) is 13.3 Å². The fraction of sp³-hybridized carbons (Fsp3) is 1.00. The van der Waals surface area contributed by atoms with Crippen LogP contribution in [0.15, 0.2) is 0 Å².